The molecule has 2 aliphatic rings. The molecule has 3 heterocycles. The molecule has 2 aromatic carbocycles. The highest BCUT2D eigenvalue weighted by Gasteiger charge is 2.29. The molecule has 0 spiro atoms. The number of morpholine rings is 1. The lowest BCUT2D eigenvalue weighted by molar-refractivity contribution is 0.0731. The van der Waals surface area contributed by atoms with Crippen LogP contribution in [0, 0.1) is 18.6 Å². The predicted octanol–water partition coefficient (Wildman–Crippen LogP) is 3.89. The molecular formula is C25H24F2N4O3. The second-order valence-corrected chi connectivity index (χ2v) is 8.32. The first-order valence-electron chi connectivity index (χ1n) is 11.2. The van der Waals surface area contributed by atoms with Gasteiger partial charge in [0, 0.05) is 37.7 Å². The molecule has 0 radical (unpaired) electrons. The van der Waals surface area contributed by atoms with E-state index in [1.54, 1.807) is 4.90 Å². The van der Waals surface area contributed by atoms with Crippen LogP contribution in [0.15, 0.2) is 42.5 Å². The Kier molecular flexibility index (Phi) is 6.10. The summed E-state index contributed by atoms with van der Waals surface area (Å²) in [6, 6.07) is 10.8. The zero-order chi connectivity index (χ0) is 23.7. The van der Waals surface area contributed by atoms with Crippen molar-refractivity contribution in [3.63, 3.8) is 0 Å². The summed E-state index contributed by atoms with van der Waals surface area (Å²) in [5.74, 6) is -1.20. The molecule has 0 N–H and O–H groups in total. The summed E-state index contributed by atoms with van der Waals surface area (Å²) in [5.41, 5.74) is 2.98. The van der Waals surface area contributed by atoms with E-state index in [4.69, 9.17) is 14.5 Å². The molecule has 0 unspecified atom stereocenters. The smallest absolute Gasteiger partial charge is 0.254 e. The van der Waals surface area contributed by atoms with Gasteiger partial charge in [0.2, 0.25) is 11.8 Å². The Morgan fingerprint density at radius 2 is 1.82 bits per heavy atom. The number of ether oxygens (including phenoxy) is 2. The fourth-order valence-electron chi connectivity index (χ4n) is 4.17. The van der Waals surface area contributed by atoms with Crippen LogP contribution in [0.2, 0.25) is 0 Å². The van der Waals surface area contributed by atoms with Crippen molar-refractivity contribution in [1.82, 2.24) is 14.9 Å². The van der Waals surface area contributed by atoms with Crippen LogP contribution in [0.25, 0.3) is 0 Å². The normalized spacial score (nSPS) is 15.7. The van der Waals surface area contributed by atoms with Crippen molar-refractivity contribution in [2.45, 2.75) is 19.9 Å². The summed E-state index contributed by atoms with van der Waals surface area (Å²) in [6.07, 6.45) is 0.529. The van der Waals surface area contributed by atoms with E-state index in [9.17, 15) is 13.6 Å². The third-order valence-electron chi connectivity index (χ3n) is 6.07. The van der Waals surface area contributed by atoms with Crippen LogP contribution in [0.4, 0.5) is 14.7 Å². The van der Waals surface area contributed by atoms with Crippen LogP contribution < -0.4 is 9.64 Å². The zero-order valence-corrected chi connectivity index (χ0v) is 18.8. The van der Waals surface area contributed by atoms with E-state index in [0.29, 0.717) is 56.3 Å². The first-order chi connectivity index (χ1) is 16.5. The molecule has 7 nitrogen and oxygen atoms in total. The maximum atomic E-state index is 13.8. The second-order valence-electron chi connectivity index (χ2n) is 8.32. The third-order valence-corrected chi connectivity index (χ3v) is 6.07. The standard InChI is InChI=1S/C25H24F2N4O3/c1-16-4-2-3-5-18(16)24(32)31-9-8-22-19(15-31)23(34-17-6-7-20(26)21(27)14-17)29-25(28-22)30-10-12-33-13-11-30/h2-7,14H,8-13,15H2,1H3. The average Bonchev–Trinajstić information content (AvgIpc) is 2.86. The number of amides is 1. The topological polar surface area (TPSA) is 67.8 Å². The van der Waals surface area contributed by atoms with Gasteiger partial charge in [-0.3, -0.25) is 4.79 Å². The van der Waals surface area contributed by atoms with E-state index in [1.165, 1.54) is 6.07 Å². The Morgan fingerprint density at radius 1 is 1.03 bits per heavy atom. The molecule has 1 aromatic heterocycles. The van der Waals surface area contributed by atoms with E-state index in [-0.39, 0.29) is 24.1 Å². The SMILES string of the molecule is Cc1ccccc1C(=O)N1CCc2nc(N3CCOCC3)nc(Oc3ccc(F)c(F)c3)c2C1. The first kappa shape index (κ1) is 22.2. The predicted molar refractivity (Wildman–Crippen MR) is 121 cm³/mol. The lowest BCUT2D eigenvalue weighted by atomic mass is 10.0. The number of nitrogens with zero attached hydrogens (tertiary/aromatic N) is 4. The molecule has 0 aliphatic carbocycles. The minimum atomic E-state index is -1.01. The van der Waals surface area contributed by atoms with Crippen LogP contribution in [0.1, 0.15) is 27.2 Å². The van der Waals surface area contributed by atoms with Gasteiger partial charge in [0.1, 0.15) is 5.75 Å². The minimum Gasteiger partial charge on any atom is -0.438 e. The lowest BCUT2D eigenvalue weighted by Gasteiger charge is -2.32. The first-order valence-corrected chi connectivity index (χ1v) is 11.2. The van der Waals surface area contributed by atoms with E-state index < -0.39 is 11.6 Å². The van der Waals surface area contributed by atoms with Gasteiger partial charge in [-0.1, -0.05) is 18.2 Å². The summed E-state index contributed by atoms with van der Waals surface area (Å²) in [7, 11) is 0. The zero-order valence-electron chi connectivity index (χ0n) is 18.8. The number of carbonyl (C=O) groups is 1. The van der Waals surface area contributed by atoms with Crippen molar-refractivity contribution in [1.29, 1.82) is 0 Å². The van der Waals surface area contributed by atoms with Crippen molar-refractivity contribution in [2.24, 2.45) is 0 Å². The quantitative estimate of drug-likeness (QED) is 0.581. The van der Waals surface area contributed by atoms with Gasteiger partial charge in [-0.15, -0.1) is 0 Å². The molecule has 1 fully saturated rings. The van der Waals surface area contributed by atoms with Gasteiger partial charge < -0.3 is 19.3 Å². The Hall–Kier alpha value is -3.59. The highest BCUT2D eigenvalue weighted by atomic mass is 19.2. The third kappa shape index (κ3) is 4.43. The molecule has 176 valence electrons. The maximum absolute atomic E-state index is 13.8. The molecule has 5 rings (SSSR count). The number of hydrogen-bond acceptors (Lipinski definition) is 6. The molecule has 34 heavy (non-hydrogen) atoms. The van der Waals surface area contributed by atoms with Crippen molar-refractivity contribution in [2.75, 3.05) is 37.7 Å². The Bertz CT molecular complexity index is 1230. The van der Waals surface area contributed by atoms with Crippen LogP contribution in [-0.2, 0) is 17.7 Å². The largest absolute Gasteiger partial charge is 0.438 e. The number of hydrogen-bond donors (Lipinski definition) is 0. The monoisotopic (exact) mass is 466 g/mol. The number of aryl methyl sites for hydroxylation is 1. The average molecular weight is 466 g/mol. The number of anilines is 1. The summed E-state index contributed by atoms with van der Waals surface area (Å²) >= 11 is 0. The number of fused-ring (bicyclic) bond motifs is 1. The van der Waals surface area contributed by atoms with Crippen LogP contribution in [-0.4, -0.2) is 53.6 Å². The van der Waals surface area contributed by atoms with Gasteiger partial charge in [-0.05, 0) is 30.7 Å². The summed E-state index contributed by atoms with van der Waals surface area (Å²) in [4.78, 5) is 26.4. The molecule has 1 saturated heterocycles. The van der Waals surface area contributed by atoms with Crippen LogP contribution >= 0.6 is 0 Å². The fourth-order valence-corrected chi connectivity index (χ4v) is 4.17. The van der Waals surface area contributed by atoms with Gasteiger partial charge in [0.05, 0.1) is 31.0 Å². The van der Waals surface area contributed by atoms with Crippen LogP contribution in [0.5, 0.6) is 11.6 Å². The minimum absolute atomic E-state index is 0.0835. The summed E-state index contributed by atoms with van der Waals surface area (Å²) in [5, 5.41) is 0. The molecule has 0 bridgehead atoms. The summed E-state index contributed by atoms with van der Waals surface area (Å²) in [6.45, 7) is 5.08. The Labute approximate surface area is 195 Å². The van der Waals surface area contributed by atoms with Gasteiger partial charge >= 0.3 is 0 Å². The molecule has 2 aliphatic heterocycles. The second kappa shape index (κ2) is 9.34. The molecule has 3 aromatic rings. The highest BCUT2D eigenvalue weighted by Crippen LogP contribution is 2.32. The van der Waals surface area contributed by atoms with Gasteiger partial charge in [-0.2, -0.15) is 4.98 Å². The number of aromatic nitrogens is 2. The van der Waals surface area contributed by atoms with Gasteiger partial charge in [0.15, 0.2) is 11.6 Å². The van der Waals surface area contributed by atoms with E-state index >= 15 is 0 Å². The Balaban J connectivity index is 1.50. The summed E-state index contributed by atoms with van der Waals surface area (Å²) < 4.78 is 38.6. The molecule has 9 heteroatoms. The van der Waals surface area contributed by atoms with Gasteiger partial charge in [0.25, 0.3) is 5.91 Å². The van der Waals surface area contributed by atoms with Crippen molar-refractivity contribution in [3.05, 3.63) is 76.5 Å². The van der Waals surface area contributed by atoms with Crippen molar-refractivity contribution >= 4 is 11.9 Å². The maximum Gasteiger partial charge on any atom is 0.254 e. The number of benzene rings is 2. The molecular weight excluding hydrogens is 442 g/mol. The molecule has 0 saturated carbocycles. The van der Waals surface area contributed by atoms with E-state index in [1.807, 2.05) is 36.1 Å². The molecule has 0 atom stereocenters. The Morgan fingerprint density at radius 3 is 2.59 bits per heavy atom. The number of halogens is 2. The molecule has 1 amide bonds. The van der Waals surface area contributed by atoms with E-state index in [2.05, 4.69) is 4.98 Å². The van der Waals surface area contributed by atoms with Crippen molar-refractivity contribution in [3.8, 4) is 11.6 Å². The number of carbonyl (C=O) groups excluding carboxylic acids is 1. The fraction of sp³-hybridized carbons (Fsp3) is 0.320. The van der Waals surface area contributed by atoms with Gasteiger partial charge in [-0.25, -0.2) is 13.8 Å². The lowest BCUT2D eigenvalue weighted by Crippen LogP contribution is -2.39. The number of rotatable bonds is 4. The highest BCUT2D eigenvalue weighted by molar-refractivity contribution is 5.95. The van der Waals surface area contributed by atoms with Crippen molar-refractivity contribution < 1.29 is 23.0 Å². The van der Waals surface area contributed by atoms with Crippen LogP contribution in [0.3, 0.4) is 0 Å². The van der Waals surface area contributed by atoms with E-state index in [0.717, 1.165) is 23.4 Å².